The lowest BCUT2D eigenvalue weighted by Crippen LogP contribution is -2.33. The first-order valence-electron chi connectivity index (χ1n) is 5.20. The lowest BCUT2D eigenvalue weighted by Gasteiger charge is -2.29. The Kier molecular flexibility index (Phi) is 3.36. The third-order valence-corrected chi connectivity index (χ3v) is 4.25. The van der Waals surface area contributed by atoms with Gasteiger partial charge in [-0.25, -0.2) is 0 Å². The molecule has 1 aromatic rings. The highest BCUT2D eigenvalue weighted by molar-refractivity contribution is 7.80. The normalized spacial score (nSPS) is 16.1. The van der Waals surface area contributed by atoms with Crippen molar-refractivity contribution in [2.24, 2.45) is 5.92 Å². The molecular weight excluding hydrogens is 226 g/mol. The zero-order valence-corrected chi connectivity index (χ0v) is 10.5. The Hall–Kier alpha value is -0.480. The van der Waals surface area contributed by atoms with Crippen LogP contribution in [0.25, 0.3) is 0 Å². The van der Waals surface area contributed by atoms with Crippen LogP contribution >= 0.6 is 24.0 Å². The summed E-state index contributed by atoms with van der Waals surface area (Å²) in [5.41, 5.74) is 0. The smallest absolute Gasteiger partial charge is 0.263 e. The Morgan fingerprint density at radius 2 is 2.40 bits per heavy atom. The van der Waals surface area contributed by atoms with Crippen molar-refractivity contribution in [1.82, 2.24) is 4.90 Å². The Labute approximate surface area is 99.7 Å². The fraction of sp³-hybridized carbons (Fsp3) is 0.545. The van der Waals surface area contributed by atoms with Gasteiger partial charge in [0.05, 0.1) is 4.88 Å². The van der Waals surface area contributed by atoms with Crippen molar-refractivity contribution >= 4 is 29.9 Å². The van der Waals surface area contributed by atoms with E-state index in [1.165, 1.54) is 30.6 Å². The molecule has 0 N–H and O–H groups in total. The molecule has 0 aromatic carbocycles. The SMILES string of the molecule is CN(CC1CCC1)C(=O)c1cc(S)cs1. The molecular formula is C11H15NOS2. The topological polar surface area (TPSA) is 20.3 Å². The lowest BCUT2D eigenvalue weighted by atomic mass is 9.85. The second-order valence-corrected chi connectivity index (χ2v) is 5.58. The van der Waals surface area contributed by atoms with Crippen LogP contribution in [0.4, 0.5) is 0 Å². The minimum absolute atomic E-state index is 0.132. The van der Waals surface area contributed by atoms with Gasteiger partial charge >= 0.3 is 0 Å². The summed E-state index contributed by atoms with van der Waals surface area (Å²) in [6.45, 7) is 0.901. The molecule has 4 heteroatoms. The predicted molar refractivity (Wildman–Crippen MR) is 65.9 cm³/mol. The third-order valence-electron chi connectivity index (χ3n) is 2.90. The summed E-state index contributed by atoms with van der Waals surface area (Å²) in [7, 11) is 1.89. The van der Waals surface area contributed by atoms with Crippen LogP contribution in [0.5, 0.6) is 0 Å². The van der Waals surface area contributed by atoms with Gasteiger partial charge in [0.2, 0.25) is 0 Å². The first-order valence-corrected chi connectivity index (χ1v) is 6.52. The van der Waals surface area contributed by atoms with Crippen LogP contribution in [-0.4, -0.2) is 24.4 Å². The van der Waals surface area contributed by atoms with Gasteiger partial charge in [-0.05, 0) is 24.8 Å². The number of hydrogen-bond acceptors (Lipinski definition) is 3. The molecule has 0 radical (unpaired) electrons. The molecule has 1 aromatic heterocycles. The summed E-state index contributed by atoms with van der Waals surface area (Å²) in [6, 6.07) is 1.84. The van der Waals surface area contributed by atoms with E-state index >= 15 is 0 Å². The van der Waals surface area contributed by atoms with E-state index in [1.807, 2.05) is 23.4 Å². The molecule has 2 rings (SSSR count). The highest BCUT2D eigenvalue weighted by Crippen LogP contribution is 2.27. The van der Waals surface area contributed by atoms with Gasteiger partial charge < -0.3 is 4.90 Å². The number of hydrogen-bond donors (Lipinski definition) is 1. The van der Waals surface area contributed by atoms with Crippen molar-refractivity contribution in [3.63, 3.8) is 0 Å². The number of rotatable bonds is 3. The van der Waals surface area contributed by atoms with Crippen LogP contribution in [0.15, 0.2) is 16.3 Å². The molecule has 0 spiro atoms. The summed E-state index contributed by atoms with van der Waals surface area (Å²) in [5.74, 6) is 0.863. The highest BCUT2D eigenvalue weighted by Gasteiger charge is 2.22. The second kappa shape index (κ2) is 4.58. The maximum absolute atomic E-state index is 11.9. The largest absolute Gasteiger partial charge is 0.341 e. The van der Waals surface area contributed by atoms with Gasteiger partial charge in [0.15, 0.2) is 0 Å². The first kappa shape index (κ1) is 11.0. The average Bonchev–Trinajstić information content (AvgIpc) is 2.56. The van der Waals surface area contributed by atoms with Crippen LogP contribution < -0.4 is 0 Å². The first-order chi connectivity index (χ1) is 7.16. The minimum Gasteiger partial charge on any atom is -0.341 e. The molecule has 0 atom stereocenters. The van der Waals surface area contributed by atoms with Crippen molar-refractivity contribution in [2.75, 3.05) is 13.6 Å². The molecule has 1 fully saturated rings. The van der Waals surface area contributed by atoms with Crippen molar-refractivity contribution in [1.29, 1.82) is 0 Å². The number of carbonyl (C=O) groups is 1. The van der Waals surface area contributed by atoms with E-state index < -0.39 is 0 Å². The predicted octanol–water partition coefficient (Wildman–Crippen LogP) is 2.91. The minimum atomic E-state index is 0.132. The zero-order valence-electron chi connectivity index (χ0n) is 8.77. The molecule has 2 nitrogen and oxygen atoms in total. The molecule has 1 heterocycles. The molecule has 0 saturated heterocycles. The van der Waals surface area contributed by atoms with Crippen molar-refractivity contribution < 1.29 is 4.79 Å². The van der Waals surface area contributed by atoms with E-state index in [0.717, 1.165) is 22.2 Å². The van der Waals surface area contributed by atoms with E-state index in [2.05, 4.69) is 12.6 Å². The van der Waals surface area contributed by atoms with E-state index in [1.54, 1.807) is 0 Å². The third kappa shape index (κ3) is 2.55. The maximum atomic E-state index is 11.9. The van der Waals surface area contributed by atoms with Crippen molar-refractivity contribution in [2.45, 2.75) is 24.2 Å². The Bertz CT molecular complexity index is 357. The molecule has 0 aliphatic heterocycles. The van der Waals surface area contributed by atoms with E-state index in [-0.39, 0.29) is 5.91 Å². The van der Waals surface area contributed by atoms with Gasteiger partial charge in [0.25, 0.3) is 5.91 Å². The maximum Gasteiger partial charge on any atom is 0.263 e. The molecule has 0 unspecified atom stereocenters. The van der Waals surface area contributed by atoms with Crippen molar-refractivity contribution in [3.8, 4) is 0 Å². The van der Waals surface area contributed by atoms with Gasteiger partial charge in [0.1, 0.15) is 0 Å². The number of carbonyl (C=O) groups excluding carboxylic acids is 1. The Balaban J connectivity index is 1.94. The molecule has 15 heavy (non-hydrogen) atoms. The molecule has 1 aliphatic rings. The molecule has 1 saturated carbocycles. The van der Waals surface area contributed by atoms with Crippen LogP contribution in [0.2, 0.25) is 0 Å². The molecule has 0 bridgehead atoms. The summed E-state index contributed by atoms with van der Waals surface area (Å²) < 4.78 is 0. The van der Waals surface area contributed by atoms with Crippen LogP contribution in [-0.2, 0) is 0 Å². The number of thiophene rings is 1. The van der Waals surface area contributed by atoms with Gasteiger partial charge in [-0.15, -0.1) is 24.0 Å². The van der Waals surface area contributed by atoms with Gasteiger partial charge in [-0.3, -0.25) is 4.79 Å². The van der Waals surface area contributed by atoms with E-state index in [9.17, 15) is 4.79 Å². The fourth-order valence-corrected chi connectivity index (χ4v) is 2.91. The quantitative estimate of drug-likeness (QED) is 0.807. The number of nitrogens with zero attached hydrogens (tertiary/aromatic N) is 1. The van der Waals surface area contributed by atoms with Crippen molar-refractivity contribution in [3.05, 3.63) is 16.3 Å². The Morgan fingerprint density at radius 3 is 2.87 bits per heavy atom. The monoisotopic (exact) mass is 241 g/mol. The van der Waals surface area contributed by atoms with Crippen LogP contribution in [0, 0.1) is 5.92 Å². The summed E-state index contributed by atoms with van der Waals surface area (Å²) in [5, 5.41) is 1.90. The van der Waals surface area contributed by atoms with E-state index in [0.29, 0.717) is 0 Å². The molecule has 1 amide bonds. The fourth-order valence-electron chi connectivity index (χ4n) is 1.77. The van der Waals surface area contributed by atoms with Crippen LogP contribution in [0.3, 0.4) is 0 Å². The van der Waals surface area contributed by atoms with Gasteiger partial charge in [-0.1, -0.05) is 6.42 Å². The average molecular weight is 241 g/mol. The zero-order chi connectivity index (χ0) is 10.8. The highest BCUT2D eigenvalue weighted by atomic mass is 32.1. The number of amides is 1. The van der Waals surface area contributed by atoms with Crippen LogP contribution in [0.1, 0.15) is 28.9 Å². The second-order valence-electron chi connectivity index (χ2n) is 4.15. The number of thiol groups is 1. The molecule has 1 aliphatic carbocycles. The van der Waals surface area contributed by atoms with E-state index in [4.69, 9.17) is 0 Å². The summed E-state index contributed by atoms with van der Waals surface area (Å²) >= 11 is 5.68. The lowest BCUT2D eigenvalue weighted by molar-refractivity contribution is 0.0750. The summed E-state index contributed by atoms with van der Waals surface area (Å²) in [4.78, 5) is 15.4. The summed E-state index contributed by atoms with van der Waals surface area (Å²) in [6.07, 6.45) is 3.88. The molecule has 82 valence electrons. The Morgan fingerprint density at radius 1 is 1.67 bits per heavy atom. The van der Waals surface area contributed by atoms with Gasteiger partial charge in [-0.2, -0.15) is 0 Å². The standard InChI is InChI=1S/C11H15NOS2/c1-12(6-8-3-2-4-8)11(13)10-5-9(14)7-15-10/h5,7-8,14H,2-4,6H2,1H3. The van der Waals surface area contributed by atoms with Gasteiger partial charge in [0, 0.05) is 23.9 Å².